The Labute approximate surface area is 113 Å². The van der Waals surface area contributed by atoms with Crippen molar-refractivity contribution in [3.8, 4) is 0 Å². The molecule has 9 heteroatoms. The third kappa shape index (κ3) is 3.75. The summed E-state index contributed by atoms with van der Waals surface area (Å²) in [6.45, 7) is 2.87. The average Bonchev–Trinajstić information content (AvgIpc) is 2.72. The van der Waals surface area contributed by atoms with Gasteiger partial charge in [0.2, 0.25) is 5.95 Å². The highest BCUT2D eigenvalue weighted by molar-refractivity contribution is 7.99. The van der Waals surface area contributed by atoms with Gasteiger partial charge in [0, 0.05) is 13.1 Å². The molecule has 5 nitrogen and oxygen atoms in total. The smallest absolute Gasteiger partial charge is 0.378 e. The van der Waals surface area contributed by atoms with Gasteiger partial charge in [0.1, 0.15) is 6.54 Å². The van der Waals surface area contributed by atoms with Crippen LogP contribution in [0.5, 0.6) is 0 Å². The van der Waals surface area contributed by atoms with Crippen molar-refractivity contribution in [2.45, 2.75) is 24.8 Å². The van der Waals surface area contributed by atoms with Gasteiger partial charge in [-0.2, -0.15) is 13.2 Å². The SMILES string of the molecule is CCSc1nnc(N2CCOCC2)n1CC(F)(F)F. The number of thioether (sulfide) groups is 1. The Bertz CT molecular complexity index is 417. The predicted molar refractivity (Wildman–Crippen MR) is 65.5 cm³/mol. The van der Waals surface area contributed by atoms with E-state index in [1.54, 1.807) is 4.90 Å². The number of morpholine rings is 1. The molecule has 0 aromatic carbocycles. The van der Waals surface area contributed by atoms with Crippen molar-refractivity contribution in [1.82, 2.24) is 14.8 Å². The highest BCUT2D eigenvalue weighted by atomic mass is 32.2. The van der Waals surface area contributed by atoms with Crippen LogP contribution in [-0.4, -0.2) is 53.0 Å². The standard InChI is InChI=1S/C10H15F3N4OS/c1-2-19-9-15-14-8(16-3-5-18-6-4-16)17(9)7-10(11,12)13/h2-7H2,1H3. The molecule has 0 atom stereocenters. The van der Waals surface area contributed by atoms with E-state index >= 15 is 0 Å². The Balaban J connectivity index is 2.25. The lowest BCUT2D eigenvalue weighted by Gasteiger charge is -2.28. The van der Waals surface area contributed by atoms with Gasteiger partial charge in [-0.15, -0.1) is 10.2 Å². The van der Waals surface area contributed by atoms with Crippen LogP contribution in [0.2, 0.25) is 0 Å². The fourth-order valence-corrected chi connectivity index (χ4v) is 2.49. The van der Waals surface area contributed by atoms with E-state index in [1.165, 1.54) is 11.8 Å². The molecule has 19 heavy (non-hydrogen) atoms. The number of hydrogen-bond donors (Lipinski definition) is 0. The molecule has 1 saturated heterocycles. The van der Waals surface area contributed by atoms with Crippen molar-refractivity contribution in [1.29, 1.82) is 0 Å². The summed E-state index contributed by atoms with van der Waals surface area (Å²) in [4.78, 5) is 1.78. The number of rotatable bonds is 4. The van der Waals surface area contributed by atoms with Crippen molar-refractivity contribution in [3.63, 3.8) is 0 Å². The number of alkyl halides is 3. The van der Waals surface area contributed by atoms with Gasteiger partial charge < -0.3 is 9.64 Å². The number of ether oxygens (including phenoxy) is 1. The highest BCUT2D eigenvalue weighted by Gasteiger charge is 2.32. The summed E-state index contributed by atoms with van der Waals surface area (Å²) in [5.74, 6) is 0.926. The zero-order valence-corrected chi connectivity index (χ0v) is 11.3. The molecule has 2 rings (SSSR count). The molecule has 0 spiro atoms. The second-order valence-electron chi connectivity index (χ2n) is 4.02. The number of anilines is 1. The van der Waals surface area contributed by atoms with Gasteiger partial charge in [-0.25, -0.2) is 0 Å². The fraction of sp³-hybridized carbons (Fsp3) is 0.800. The molecule has 1 aromatic rings. The van der Waals surface area contributed by atoms with Gasteiger partial charge in [0.25, 0.3) is 0 Å². The maximum Gasteiger partial charge on any atom is 0.406 e. The first-order valence-electron chi connectivity index (χ1n) is 5.96. The van der Waals surface area contributed by atoms with Gasteiger partial charge in [-0.1, -0.05) is 18.7 Å². The van der Waals surface area contributed by atoms with Crippen LogP contribution in [0.25, 0.3) is 0 Å². The largest absolute Gasteiger partial charge is 0.406 e. The lowest BCUT2D eigenvalue weighted by atomic mass is 10.4. The van der Waals surface area contributed by atoms with E-state index in [0.717, 1.165) is 4.57 Å². The van der Waals surface area contributed by atoms with Crippen molar-refractivity contribution < 1.29 is 17.9 Å². The lowest BCUT2D eigenvalue weighted by Crippen LogP contribution is -2.38. The van der Waals surface area contributed by atoms with Crippen LogP contribution in [0.1, 0.15) is 6.92 Å². The highest BCUT2D eigenvalue weighted by Crippen LogP contribution is 2.27. The molecule has 1 aliphatic heterocycles. The van der Waals surface area contributed by atoms with E-state index in [2.05, 4.69) is 10.2 Å². The minimum absolute atomic E-state index is 0.275. The third-order valence-corrected chi connectivity index (χ3v) is 3.45. The molecule has 1 fully saturated rings. The second kappa shape index (κ2) is 6.00. The molecule has 1 aliphatic rings. The second-order valence-corrected chi connectivity index (χ2v) is 5.25. The first kappa shape index (κ1) is 14.4. The summed E-state index contributed by atoms with van der Waals surface area (Å²) in [6, 6.07) is 0. The van der Waals surface area contributed by atoms with Crippen LogP contribution in [0.3, 0.4) is 0 Å². The van der Waals surface area contributed by atoms with Crippen LogP contribution in [0, 0.1) is 0 Å². The minimum Gasteiger partial charge on any atom is -0.378 e. The Kier molecular flexibility index (Phi) is 4.56. The van der Waals surface area contributed by atoms with Crippen LogP contribution >= 0.6 is 11.8 Å². The van der Waals surface area contributed by atoms with Crippen LogP contribution in [0.15, 0.2) is 5.16 Å². The van der Waals surface area contributed by atoms with E-state index in [0.29, 0.717) is 37.2 Å². The van der Waals surface area contributed by atoms with Gasteiger partial charge >= 0.3 is 6.18 Å². The van der Waals surface area contributed by atoms with E-state index in [1.807, 2.05) is 6.92 Å². The average molecular weight is 296 g/mol. The number of nitrogens with zero attached hydrogens (tertiary/aromatic N) is 4. The van der Waals surface area contributed by atoms with E-state index in [-0.39, 0.29) is 5.95 Å². The van der Waals surface area contributed by atoms with Gasteiger partial charge in [-0.3, -0.25) is 4.57 Å². The maximum absolute atomic E-state index is 12.7. The predicted octanol–water partition coefficient (Wildman–Crippen LogP) is 1.79. The van der Waals surface area contributed by atoms with Crippen LogP contribution in [0.4, 0.5) is 19.1 Å². The van der Waals surface area contributed by atoms with Crippen molar-refractivity contribution in [2.75, 3.05) is 37.0 Å². The topological polar surface area (TPSA) is 43.2 Å². The van der Waals surface area contributed by atoms with E-state index < -0.39 is 12.7 Å². The van der Waals surface area contributed by atoms with Crippen LogP contribution in [-0.2, 0) is 11.3 Å². The first-order chi connectivity index (χ1) is 9.01. The number of hydrogen-bond acceptors (Lipinski definition) is 5. The Morgan fingerprint density at radius 3 is 2.53 bits per heavy atom. The van der Waals surface area contributed by atoms with Crippen molar-refractivity contribution in [3.05, 3.63) is 0 Å². The Hall–Kier alpha value is -0.960. The summed E-state index contributed by atoms with van der Waals surface area (Å²) in [6.07, 6.45) is -4.29. The lowest BCUT2D eigenvalue weighted by molar-refractivity contribution is -0.141. The molecule has 0 unspecified atom stereocenters. The third-order valence-electron chi connectivity index (χ3n) is 2.60. The normalized spacial score (nSPS) is 16.9. The van der Waals surface area contributed by atoms with E-state index in [9.17, 15) is 13.2 Å². The molecule has 0 aliphatic carbocycles. The molecule has 0 saturated carbocycles. The molecule has 0 N–H and O–H groups in total. The Morgan fingerprint density at radius 1 is 1.26 bits per heavy atom. The van der Waals surface area contributed by atoms with Crippen LogP contribution < -0.4 is 4.90 Å². The van der Waals surface area contributed by atoms with Gasteiger partial charge in [-0.05, 0) is 5.75 Å². The summed E-state index contributed by atoms with van der Waals surface area (Å²) in [5, 5.41) is 8.07. The minimum atomic E-state index is -4.29. The quantitative estimate of drug-likeness (QED) is 0.793. The number of aromatic nitrogens is 3. The van der Waals surface area contributed by atoms with Gasteiger partial charge in [0.05, 0.1) is 13.2 Å². The van der Waals surface area contributed by atoms with E-state index in [4.69, 9.17) is 4.74 Å². The zero-order chi connectivity index (χ0) is 13.9. The molecular formula is C10H15F3N4OS. The number of halogens is 3. The molecule has 2 heterocycles. The van der Waals surface area contributed by atoms with Crippen molar-refractivity contribution in [2.24, 2.45) is 0 Å². The molecule has 0 bridgehead atoms. The summed E-state index contributed by atoms with van der Waals surface area (Å²) in [7, 11) is 0. The molecule has 0 radical (unpaired) electrons. The molecular weight excluding hydrogens is 281 g/mol. The monoisotopic (exact) mass is 296 g/mol. The van der Waals surface area contributed by atoms with Crippen molar-refractivity contribution >= 4 is 17.7 Å². The molecule has 108 valence electrons. The summed E-state index contributed by atoms with van der Waals surface area (Å²) < 4.78 is 44.3. The molecule has 0 amide bonds. The fourth-order valence-electron chi connectivity index (χ4n) is 1.83. The summed E-state index contributed by atoms with van der Waals surface area (Å²) in [5.41, 5.74) is 0. The Morgan fingerprint density at radius 2 is 1.95 bits per heavy atom. The maximum atomic E-state index is 12.7. The first-order valence-corrected chi connectivity index (χ1v) is 6.95. The zero-order valence-electron chi connectivity index (χ0n) is 10.5. The van der Waals surface area contributed by atoms with Gasteiger partial charge in [0.15, 0.2) is 5.16 Å². The molecule has 1 aromatic heterocycles. The summed E-state index contributed by atoms with van der Waals surface area (Å²) >= 11 is 1.26.